The summed E-state index contributed by atoms with van der Waals surface area (Å²) in [5.41, 5.74) is 10.5. The zero-order valence-corrected chi connectivity index (χ0v) is 14.9. The van der Waals surface area contributed by atoms with Gasteiger partial charge in [0.25, 0.3) is 5.91 Å². The molecule has 136 valence electrons. The van der Waals surface area contributed by atoms with Gasteiger partial charge in [0.2, 0.25) is 5.88 Å². The van der Waals surface area contributed by atoms with E-state index in [2.05, 4.69) is 9.97 Å². The molecule has 0 saturated heterocycles. The van der Waals surface area contributed by atoms with Gasteiger partial charge in [-0.1, -0.05) is 12.1 Å². The predicted octanol–water partition coefficient (Wildman–Crippen LogP) is 3.10. The summed E-state index contributed by atoms with van der Waals surface area (Å²) < 4.78 is 5.91. The van der Waals surface area contributed by atoms with Crippen molar-refractivity contribution in [2.45, 2.75) is 32.3 Å². The molecule has 1 aliphatic rings. The second-order valence-electron chi connectivity index (χ2n) is 6.51. The lowest BCUT2D eigenvalue weighted by Gasteiger charge is -2.21. The molecule has 0 saturated carbocycles. The molecule has 0 spiro atoms. The highest BCUT2D eigenvalue weighted by Gasteiger charge is 2.21. The largest absolute Gasteiger partial charge is 0.471 e. The van der Waals surface area contributed by atoms with Crippen molar-refractivity contribution in [2.75, 3.05) is 0 Å². The lowest BCUT2D eigenvalue weighted by Crippen LogP contribution is -2.16. The third-order valence-electron chi connectivity index (χ3n) is 4.70. The van der Waals surface area contributed by atoms with E-state index in [0.29, 0.717) is 12.5 Å². The Morgan fingerprint density at radius 3 is 2.70 bits per heavy atom. The second-order valence-corrected chi connectivity index (χ2v) is 6.51. The summed E-state index contributed by atoms with van der Waals surface area (Å²) in [4.78, 5) is 25.0. The van der Waals surface area contributed by atoms with Gasteiger partial charge in [-0.15, -0.1) is 0 Å². The first-order valence-electron chi connectivity index (χ1n) is 9.03. The highest BCUT2D eigenvalue weighted by atomic mass is 16.5. The SMILES string of the molecule is NC(=O)c1ncccc1-c1cc(OCc2ccccn2)nc2c1CCCC2. The van der Waals surface area contributed by atoms with Crippen molar-refractivity contribution in [1.29, 1.82) is 0 Å². The molecular formula is C21H20N4O2. The van der Waals surface area contributed by atoms with Crippen LogP contribution in [0.5, 0.6) is 5.88 Å². The summed E-state index contributed by atoms with van der Waals surface area (Å²) in [6, 6.07) is 11.3. The number of aryl methyl sites for hydroxylation is 1. The van der Waals surface area contributed by atoms with Gasteiger partial charge in [-0.2, -0.15) is 0 Å². The van der Waals surface area contributed by atoms with Crippen molar-refractivity contribution < 1.29 is 9.53 Å². The number of nitrogens with zero attached hydrogens (tertiary/aromatic N) is 3. The van der Waals surface area contributed by atoms with Gasteiger partial charge in [0.05, 0.1) is 5.69 Å². The van der Waals surface area contributed by atoms with Crippen molar-refractivity contribution in [3.8, 4) is 17.0 Å². The quantitative estimate of drug-likeness (QED) is 0.755. The number of aromatic nitrogens is 3. The van der Waals surface area contributed by atoms with Gasteiger partial charge in [0, 0.05) is 29.7 Å². The average Bonchev–Trinajstić information content (AvgIpc) is 2.72. The Kier molecular flexibility index (Phi) is 4.78. The number of hydrogen-bond donors (Lipinski definition) is 1. The molecule has 0 aromatic carbocycles. The maximum atomic E-state index is 11.9. The number of pyridine rings is 3. The van der Waals surface area contributed by atoms with E-state index in [1.54, 1.807) is 12.4 Å². The van der Waals surface area contributed by atoms with Gasteiger partial charge in [0.15, 0.2) is 0 Å². The molecule has 27 heavy (non-hydrogen) atoms. The van der Waals surface area contributed by atoms with E-state index in [-0.39, 0.29) is 5.69 Å². The Morgan fingerprint density at radius 1 is 1.04 bits per heavy atom. The Hall–Kier alpha value is -3.28. The lowest BCUT2D eigenvalue weighted by molar-refractivity contribution is 0.0996. The van der Waals surface area contributed by atoms with Crippen molar-refractivity contribution in [2.24, 2.45) is 5.73 Å². The zero-order chi connectivity index (χ0) is 18.6. The van der Waals surface area contributed by atoms with Crippen molar-refractivity contribution in [1.82, 2.24) is 15.0 Å². The summed E-state index contributed by atoms with van der Waals surface area (Å²) in [5, 5.41) is 0. The Labute approximate surface area is 157 Å². The molecule has 1 aliphatic carbocycles. The summed E-state index contributed by atoms with van der Waals surface area (Å²) in [5.74, 6) is -0.0153. The number of carbonyl (C=O) groups is 1. The van der Waals surface area contributed by atoms with E-state index in [1.165, 1.54) is 0 Å². The number of amides is 1. The molecule has 6 heteroatoms. The maximum Gasteiger partial charge on any atom is 0.267 e. The first-order chi connectivity index (χ1) is 13.2. The van der Waals surface area contributed by atoms with Gasteiger partial charge >= 0.3 is 0 Å². The molecule has 0 radical (unpaired) electrons. The van der Waals surface area contributed by atoms with Crippen LogP contribution in [0.1, 0.15) is 40.3 Å². The summed E-state index contributed by atoms with van der Waals surface area (Å²) in [7, 11) is 0. The van der Waals surface area contributed by atoms with Crippen LogP contribution < -0.4 is 10.5 Å². The van der Waals surface area contributed by atoms with Crippen LogP contribution in [0.2, 0.25) is 0 Å². The van der Waals surface area contributed by atoms with Gasteiger partial charge in [-0.05, 0) is 55.0 Å². The van der Waals surface area contributed by atoms with Gasteiger partial charge in [-0.25, -0.2) is 4.98 Å². The lowest BCUT2D eigenvalue weighted by atomic mass is 9.88. The molecule has 0 atom stereocenters. The molecule has 6 nitrogen and oxygen atoms in total. The predicted molar refractivity (Wildman–Crippen MR) is 101 cm³/mol. The van der Waals surface area contributed by atoms with E-state index in [1.807, 2.05) is 36.4 Å². The van der Waals surface area contributed by atoms with Gasteiger partial charge in [0.1, 0.15) is 12.3 Å². The number of fused-ring (bicyclic) bond motifs is 1. The van der Waals surface area contributed by atoms with Gasteiger partial charge < -0.3 is 10.5 Å². The monoisotopic (exact) mass is 360 g/mol. The van der Waals surface area contributed by atoms with Crippen LogP contribution in [0.4, 0.5) is 0 Å². The standard InChI is InChI=1S/C21H20N4O2/c22-21(26)20-16(8-5-11-24-20)17-12-19(25-18-9-2-1-7-15(17)18)27-13-14-6-3-4-10-23-14/h3-6,8,10-12H,1-2,7,9,13H2,(H2,22,26). The zero-order valence-electron chi connectivity index (χ0n) is 14.9. The van der Waals surface area contributed by atoms with Crippen molar-refractivity contribution >= 4 is 5.91 Å². The Morgan fingerprint density at radius 2 is 1.89 bits per heavy atom. The van der Waals surface area contributed by atoms with Crippen molar-refractivity contribution in [3.05, 3.63) is 71.4 Å². The molecule has 0 fully saturated rings. The molecule has 2 N–H and O–H groups in total. The number of nitrogens with two attached hydrogens (primary N) is 1. The molecule has 0 aliphatic heterocycles. The Balaban J connectivity index is 1.75. The maximum absolute atomic E-state index is 11.9. The van der Waals surface area contributed by atoms with Crippen LogP contribution in [0.3, 0.4) is 0 Å². The van der Waals surface area contributed by atoms with Crippen molar-refractivity contribution in [3.63, 3.8) is 0 Å². The Bertz CT molecular complexity index is 973. The van der Waals surface area contributed by atoms with E-state index in [9.17, 15) is 4.79 Å². The molecular weight excluding hydrogens is 340 g/mol. The molecule has 3 heterocycles. The normalized spacial score (nSPS) is 13.0. The summed E-state index contributed by atoms with van der Waals surface area (Å²) >= 11 is 0. The minimum atomic E-state index is -0.539. The molecule has 4 rings (SSSR count). The van der Waals surface area contributed by atoms with Crippen LogP contribution >= 0.6 is 0 Å². The topological polar surface area (TPSA) is 91.0 Å². The molecule has 3 aromatic heterocycles. The fourth-order valence-electron chi connectivity index (χ4n) is 3.44. The third kappa shape index (κ3) is 3.65. The van der Waals surface area contributed by atoms with Crippen LogP contribution in [-0.2, 0) is 19.4 Å². The summed E-state index contributed by atoms with van der Waals surface area (Å²) in [6.07, 6.45) is 7.33. The number of carbonyl (C=O) groups excluding carboxylic acids is 1. The minimum absolute atomic E-state index is 0.271. The molecule has 1 amide bonds. The molecule has 0 unspecified atom stereocenters. The van der Waals surface area contributed by atoms with E-state index in [4.69, 9.17) is 15.5 Å². The highest BCUT2D eigenvalue weighted by molar-refractivity contribution is 5.98. The fourth-order valence-corrected chi connectivity index (χ4v) is 3.44. The molecule has 0 bridgehead atoms. The number of primary amides is 1. The second kappa shape index (κ2) is 7.53. The van der Waals surface area contributed by atoms with Crippen LogP contribution in [0, 0.1) is 0 Å². The number of rotatable bonds is 5. The third-order valence-corrected chi connectivity index (χ3v) is 4.70. The molecule has 3 aromatic rings. The first kappa shape index (κ1) is 17.1. The van der Waals surface area contributed by atoms with E-state index >= 15 is 0 Å². The minimum Gasteiger partial charge on any atom is -0.471 e. The van der Waals surface area contributed by atoms with Crippen LogP contribution in [-0.4, -0.2) is 20.9 Å². The number of ether oxygens (including phenoxy) is 1. The van der Waals surface area contributed by atoms with Crippen LogP contribution in [0.25, 0.3) is 11.1 Å². The number of hydrogen-bond acceptors (Lipinski definition) is 5. The fraction of sp³-hybridized carbons (Fsp3) is 0.238. The van der Waals surface area contributed by atoms with Gasteiger partial charge in [-0.3, -0.25) is 14.8 Å². The average molecular weight is 360 g/mol. The highest BCUT2D eigenvalue weighted by Crippen LogP contribution is 2.34. The van der Waals surface area contributed by atoms with Crippen LogP contribution in [0.15, 0.2) is 48.8 Å². The smallest absolute Gasteiger partial charge is 0.267 e. The first-order valence-corrected chi connectivity index (χ1v) is 9.03. The summed E-state index contributed by atoms with van der Waals surface area (Å²) in [6.45, 7) is 0.335. The van der Waals surface area contributed by atoms with E-state index in [0.717, 1.165) is 53.8 Å². The van der Waals surface area contributed by atoms with E-state index < -0.39 is 5.91 Å².